The van der Waals surface area contributed by atoms with Crippen molar-refractivity contribution in [2.24, 2.45) is 0 Å². The van der Waals surface area contributed by atoms with Gasteiger partial charge in [0.05, 0.1) is 10.5 Å². The zero-order valence-corrected chi connectivity index (χ0v) is 13.4. The monoisotopic (exact) mass is 331 g/mol. The van der Waals surface area contributed by atoms with Gasteiger partial charge in [0.2, 0.25) is 10.0 Å². The quantitative estimate of drug-likeness (QED) is 0.902. The highest BCUT2D eigenvalue weighted by Gasteiger charge is 2.28. The van der Waals surface area contributed by atoms with Crippen LogP contribution in [0.5, 0.6) is 0 Å². The van der Waals surface area contributed by atoms with Gasteiger partial charge in [0.1, 0.15) is 0 Å². The summed E-state index contributed by atoms with van der Waals surface area (Å²) < 4.78 is 27.9. The largest absolute Gasteiger partial charge is 0.478 e. The minimum atomic E-state index is -3.65. The third kappa shape index (κ3) is 3.00. The molecule has 0 unspecified atom stereocenters. The summed E-state index contributed by atoms with van der Waals surface area (Å²) in [4.78, 5) is 11.4. The second-order valence-electron chi connectivity index (χ2n) is 5.70. The smallest absolute Gasteiger partial charge is 0.335 e. The highest BCUT2D eigenvalue weighted by molar-refractivity contribution is 7.89. The van der Waals surface area contributed by atoms with Crippen molar-refractivity contribution in [1.29, 1.82) is 0 Å². The predicted molar refractivity (Wildman–Crippen MR) is 86.0 cm³/mol. The van der Waals surface area contributed by atoms with Crippen LogP contribution in [0.1, 0.15) is 39.5 Å². The zero-order valence-electron chi connectivity index (χ0n) is 12.6. The van der Waals surface area contributed by atoms with Gasteiger partial charge in [-0.05, 0) is 54.7 Å². The molecule has 1 aliphatic carbocycles. The number of carboxylic acids is 1. The van der Waals surface area contributed by atoms with Crippen molar-refractivity contribution in [3.8, 4) is 0 Å². The number of aryl methyl sites for hydroxylation is 2. The summed E-state index contributed by atoms with van der Waals surface area (Å²) >= 11 is 0. The number of sulfonamides is 1. The lowest BCUT2D eigenvalue weighted by molar-refractivity contribution is 0.0696. The van der Waals surface area contributed by atoms with Crippen LogP contribution in [0.15, 0.2) is 47.4 Å². The van der Waals surface area contributed by atoms with E-state index in [9.17, 15) is 13.2 Å². The molecule has 0 fully saturated rings. The van der Waals surface area contributed by atoms with Crippen LogP contribution in [0.4, 0.5) is 0 Å². The van der Waals surface area contributed by atoms with E-state index in [1.807, 2.05) is 0 Å². The molecule has 0 saturated carbocycles. The summed E-state index contributed by atoms with van der Waals surface area (Å²) in [7, 11) is -3.65. The van der Waals surface area contributed by atoms with Gasteiger partial charge in [0.15, 0.2) is 0 Å². The highest BCUT2D eigenvalue weighted by Crippen LogP contribution is 2.33. The van der Waals surface area contributed by atoms with Gasteiger partial charge in [-0.25, -0.2) is 17.9 Å². The predicted octanol–water partition coefficient (Wildman–Crippen LogP) is 2.66. The molecule has 6 heteroatoms. The number of carboxylic acid groups (broad SMARTS) is 1. The van der Waals surface area contributed by atoms with E-state index in [1.54, 1.807) is 49.4 Å². The van der Waals surface area contributed by atoms with Gasteiger partial charge in [-0.3, -0.25) is 0 Å². The van der Waals surface area contributed by atoms with Crippen molar-refractivity contribution in [1.82, 2.24) is 4.72 Å². The van der Waals surface area contributed by atoms with Gasteiger partial charge in [-0.15, -0.1) is 0 Å². The molecule has 5 nitrogen and oxygen atoms in total. The van der Waals surface area contributed by atoms with Crippen molar-refractivity contribution >= 4 is 16.0 Å². The maximum atomic E-state index is 12.6. The van der Waals surface area contributed by atoms with Crippen molar-refractivity contribution in [2.45, 2.75) is 30.7 Å². The maximum absolute atomic E-state index is 12.6. The second-order valence-corrected chi connectivity index (χ2v) is 7.38. The third-order valence-electron chi connectivity index (χ3n) is 4.15. The summed E-state index contributed by atoms with van der Waals surface area (Å²) in [5.74, 6) is -1.01. The van der Waals surface area contributed by atoms with Crippen LogP contribution in [0.2, 0.25) is 0 Å². The van der Waals surface area contributed by atoms with Crippen LogP contribution in [0.25, 0.3) is 0 Å². The van der Waals surface area contributed by atoms with Crippen LogP contribution < -0.4 is 4.72 Å². The van der Waals surface area contributed by atoms with Crippen LogP contribution >= 0.6 is 0 Å². The molecule has 0 spiro atoms. The molecule has 1 aliphatic rings. The molecule has 0 amide bonds. The molecular formula is C17H17NO4S. The number of nitrogens with one attached hydrogen (secondary N) is 1. The summed E-state index contributed by atoms with van der Waals surface area (Å²) in [5.41, 5.74) is 2.60. The molecule has 2 aromatic carbocycles. The Labute approximate surface area is 135 Å². The van der Waals surface area contributed by atoms with Crippen molar-refractivity contribution in [3.05, 3.63) is 64.7 Å². The molecule has 2 aromatic rings. The number of carbonyl (C=O) groups is 1. The standard InChI is InChI=1S/C17H17NO4S/c1-11-4-2-3-5-16(11)23(21,22)18-15-9-8-12-6-7-13(17(19)20)10-14(12)15/h2-7,10,15,18H,8-9H2,1H3,(H,19,20)/t15-/m1/s1. The third-order valence-corrected chi connectivity index (χ3v) is 5.78. The molecule has 23 heavy (non-hydrogen) atoms. The zero-order chi connectivity index (χ0) is 16.6. The van der Waals surface area contributed by atoms with Crippen molar-refractivity contribution < 1.29 is 18.3 Å². The molecular weight excluding hydrogens is 314 g/mol. The van der Waals surface area contributed by atoms with Crippen LogP contribution in [-0.2, 0) is 16.4 Å². The van der Waals surface area contributed by atoms with Crippen molar-refractivity contribution in [2.75, 3.05) is 0 Å². The van der Waals surface area contributed by atoms with E-state index in [4.69, 9.17) is 5.11 Å². The number of benzene rings is 2. The van der Waals surface area contributed by atoms with E-state index in [0.717, 1.165) is 17.5 Å². The first kappa shape index (κ1) is 15.7. The average molecular weight is 331 g/mol. The van der Waals surface area contributed by atoms with Gasteiger partial charge < -0.3 is 5.11 Å². The number of fused-ring (bicyclic) bond motifs is 1. The van der Waals surface area contributed by atoms with Gasteiger partial charge in [0, 0.05) is 6.04 Å². The first-order chi connectivity index (χ1) is 10.9. The van der Waals surface area contributed by atoms with E-state index < -0.39 is 22.0 Å². The molecule has 0 bridgehead atoms. The topological polar surface area (TPSA) is 83.5 Å². The Kier molecular flexibility index (Phi) is 3.95. The Morgan fingerprint density at radius 1 is 1.22 bits per heavy atom. The molecule has 0 saturated heterocycles. The highest BCUT2D eigenvalue weighted by atomic mass is 32.2. The average Bonchev–Trinajstić information content (AvgIpc) is 2.89. The Balaban J connectivity index is 1.93. The van der Waals surface area contributed by atoms with E-state index in [2.05, 4.69) is 4.72 Å². The molecule has 1 atom stereocenters. The summed E-state index contributed by atoms with van der Waals surface area (Å²) in [6, 6.07) is 11.3. The number of hydrogen-bond donors (Lipinski definition) is 2. The lowest BCUT2D eigenvalue weighted by atomic mass is 10.0. The Bertz CT molecular complexity index is 874. The number of hydrogen-bond acceptors (Lipinski definition) is 3. The van der Waals surface area contributed by atoms with Gasteiger partial charge in [-0.2, -0.15) is 0 Å². The first-order valence-corrected chi connectivity index (χ1v) is 8.81. The van der Waals surface area contributed by atoms with Gasteiger partial charge in [0.25, 0.3) is 0 Å². The molecule has 2 N–H and O–H groups in total. The van der Waals surface area contributed by atoms with Crippen molar-refractivity contribution in [3.63, 3.8) is 0 Å². The number of rotatable bonds is 4. The maximum Gasteiger partial charge on any atom is 0.335 e. The minimum Gasteiger partial charge on any atom is -0.478 e. The summed E-state index contributed by atoms with van der Waals surface area (Å²) in [5, 5.41) is 9.11. The van der Waals surface area contributed by atoms with Gasteiger partial charge >= 0.3 is 5.97 Å². The fraction of sp³-hybridized carbons (Fsp3) is 0.235. The Morgan fingerprint density at radius 3 is 2.65 bits per heavy atom. The van der Waals surface area contributed by atoms with Crippen LogP contribution in [-0.4, -0.2) is 19.5 Å². The Hall–Kier alpha value is -2.18. The number of aromatic carboxylic acids is 1. The Morgan fingerprint density at radius 2 is 1.96 bits per heavy atom. The summed E-state index contributed by atoms with van der Waals surface area (Å²) in [6.07, 6.45) is 1.36. The molecule has 3 rings (SSSR count). The van der Waals surface area contributed by atoms with E-state index in [1.165, 1.54) is 0 Å². The second kappa shape index (κ2) is 5.79. The molecule has 0 heterocycles. The van der Waals surface area contributed by atoms with Gasteiger partial charge in [-0.1, -0.05) is 24.3 Å². The lowest BCUT2D eigenvalue weighted by Gasteiger charge is -2.16. The molecule has 0 radical (unpaired) electrons. The van der Waals surface area contributed by atoms with Crippen LogP contribution in [0, 0.1) is 6.92 Å². The molecule has 0 aromatic heterocycles. The SMILES string of the molecule is Cc1ccccc1S(=O)(=O)N[C@@H]1CCc2ccc(C(=O)O)cc21. The van der Waals surface area contributed by atoms with Crippen LogP contribution in [0.3, 0.4) is 0 Å². The lowest BCUT2D eigenvalue weighted by Crippen LogP contribution is -2.28. The summed E-state index contributed by atoms with van der Waals surface area (Å²) in [6.45, 7) is 1.75. The van der Waals surface area contributed by atoms with E-state index in [-0.39, 0.29) is 10.5 Å². The normalized spacial score (nSPS) is 17.0. The molecule has 120 valence electrons. The first-order valence-electron chi connectivity index (χ1n) is 7.32. The van der Waals surface area contributed by atoms with E-state index >= 15 is 0 Å². The molecule has 0 aliphatic heterocycles. The van der Waals surface area contributed by atoms with E-state index in [0.29, 0.717) is 12.0 Å². The fourth-order valence-corrected chi connectivity index (χ4v) is 4.46. The minimum absolute atomic E-state index is 0.172. The fourth-order valence-electron chi connectivity index (χ4n) is 2.97.